The molecule has 0 spiro atoms. The van der Waals surface area contributed by atoms with Crippen LogP contribution in [-0.2, 0) is 0 Å². The number of carbonyl (C=O) groups excluding carboxylic acids is 1. The van der Waals surface area contributed by atoms with Crippen molar-refractivity contribution in [3.63, 3.8) is 0 Å². The number of aryl methyl sites for hydroxylation is 2. The van der Waals surface area contributed by atoms with Crippen LogP contribution in [0.25, 0.3) is 5.65 Å². The van der Waals surface area contributed by atoms with Gasteiger partial charge in [-0.25, -0.2) is 9.50 Å². The summed E-state index contributed by atoms with van der Waals surface area (Å²) in [5.41, 5.74) is 4.13. The fourth-order valence-electron chi connectivity index (χ4n) is 2.41. The fraction of sp³-hybridized carbons (Fsp3) is 0.167. The summed E-state index contributed by atoms with van der Waals surface area (Å²) in [5.74, 6) is 5.11. The maximum absolute atomic E-state index is 12.5. The first-order chi connectivity index (χ1) is 11.6. The number of fused-ring (bicyclic) bond motifs is 1. The molecule has 120 valence electrons. The van der Waals surface area contributed by atoms with Crippen LogP contribution in [-0.4, -0.2) is 32.2 Å². The number of nitrogens with one attached hydrogen (secondary N) is 1. The molecule has 0 radical (unpaired) electrons. The summed E-state index contributed by atoms with van der Waals surface area (Å²) in [5, 5.41) is 15.7. The van der Waals surface area contributed by atoms with Gasteiger partial charge in [0.2, 0.25) is 0 Å². The van der Waals surface area contributed by atoms with E-state index in [0.29, 0.717) is 16.9 Å². The number of aromatic nitrogens is 3. The van der Waals surface area contributed by atoms with Crippen molar-refractivity contribution in [3.05, 3.63) is 59.0 Å². The van der Waals surface area contributed by atoms with E-state index in [4.69, 9.17) is 5.11 Å². The third-order valence-corrected chi connectivity index (χ3v) is 3.48. The average Bonchev–Trinajstić information content (AvgIpc) is 2.98. The zero-order valence-electron chi connectivity index (χ0n) is 13.4. The molecule has 0 fully saturated rings. The number of rotatable bonds is 2. The SMILES string of the molecule is Cc1cc(C)n2ncc(C(=O)Nc3ccc(C#CCO)cc3)c2n1. The normalized spacial score (nSPS) is 10.3. The van der Waals surface area contributed by atoms with Crippen molar-refractivity contribution in [2.45, 2.75) is 13.8 Å². The van der Waals surface area contributed by atoms with Crippen molar-refractivity contribution in [2.24, 2.45) is 0 Å². The molecule has 0 unspecified atom stereocenters. The van der Waals surface area contributed by atoms with Crippen LogP contribution in [0.15, 0.2) is 36.5 Å². The number of aliphatic hydroxyl groups is 1. The Balaban J connectivity index is 1.85. The Hall–Kier alpha value is -3.17. The number of nitrogens with zero attached hydrogens (tertiary/aromatic N) is 3. The van der Waals surface area contributed by atoms with Crippen LogP contribution in [0.3, 0.4) is 0 Å². The van der Waals surface area contributed by atoms with E-state index in [0.717, 1.165) is 17.0 Å². The molecule has 3 rings (SSSR count). The molecule has 3 aromatic rings. The standard InChI is InChI=1S/C18H16N4O2/c1-12-10-13(2)22-17(20-12)16(11-19-22)18(24)21-15-7-5-14(6-8-15)4-3-9-23/h5-8,10-11,23H,9H2,1-2H3,(H,21,24). The van der Waals surface area contributed by atoms with Crippen LogP contribution >= 0.6 is 0 Å². The Morgan fingerprint density at radius 1 is 1.29 bits per heavy atom. The van der Waals surface area contributed by atoms with Gasteiger partial charge in [-0.2, -0.15) is 5.10 Å². The van der Waals surface area contributed by atoms with E-state index in [2.05, 4.69) is 27.2 Å². The van der Waals surface area contributed by atoms with Gasteiger partial charge in [0.1, 0.15) is 12.2 Å². The zero-order chi connectivity index (χ0) is 17.1. The first-order valence-corrected chi connectivity index (χ1v) is 7.41. The first-order valence-electron chi connectivity index (χ1n) is 7.41. The highest BCUT2D eigenvalue weighted by atomic mass is 16.2. The van der Waals surface area contributed by atoms with Crippen molar-refractivity contribution in [1.29, 1.82) is 0 Å². The van der Waals surface area contributed by atoms with E-state index >= 15 is 0 Å². The lowest BCUT2D eigenvalue weighted by molar-refractivity contribution is 0.102. The predicted molar refractivity (Wildman–Crippen MR) is 90.8 cm³/mol. The molecule has 2 aromatic heterocycles. The number of hydrogen-bond acceptors (Lipinski definition) is 4. The number of hydrogen-bond donors (Lipinski definition) is 2. The van der Waals surface area contributed by atoms with Gasteiger partial charge in [-0.15, -0.1) is 0 Å². The molecule has 0 saturated heterocycles. The Morgan fingerprint density at radius 3 is 2.75 bits per heavy atom. The molecule has 0 saturated carbocycles. The Morgan fingerprint density at radius 2 is 2.04 bits per heavy atom. The summed E-state index contributed by atoms with van der Waals surface area (Å²) in [7, 11) is 0. The monoisotopic (exact) mass is 320 g/mol. The summed E-state index contributed by atoms with van der Waals surface area (Å²) in [6.07, 6.45) is 1.52. The van der Waals surface area contributed by atoms with Crippen molar-refractivity contribution >= 4 is 17.2 Å². The zero-order valence-corrected chi connectivity index (χ0v) is 13.4. The van der Waals surface area contributed by atoms with Gasteiger partial charge in [-0.05, 0) is 44.2 Å². The molecule has 2 heterocycles. The maximum atomic E-state index is 12.5. The summed E-state index contributed by atoms with van der Waals surface area (Å²) in [4.78, 5) is 16.9. The van der Waals surface area contributed by atoms with Gasteiger partial charge < -0.3 is 10.4 Å². The van der Waals surface area contributed by atoms with E-state index in [1.54, 1.807) is 28.8 Å². The number of anilines is 1. The Labute approximate surface area is 139 Å². The molecule has 0 aliphatic rings. The summed E-state index contributed by atoms with van der Waals surface area (Å²) in [6.45, 7) is 3.62. The van der Waals surface area contributed by atoms with Crippen LogP contribution in [0.5, 0.6) is 0 Å². The topological polar surface area (TPSA) is 79.5 Å². The predicted octanol–water partition coefficient (Wildman–Crippen LogP) is 1.94. The van der Waals surface area contributed by atoms with Crippen LogP contribution in [0.4, 0.5) is 5.69 Å². The van der Waals surface area contributed by atoms with Crippen LogP contribution in [0.1, 0.15) is 27.3 Å². The highest BCUT2D eigenvalue weighted by Gasteiger charge is 2.15. The van der Waals surface area contributed by atoms with Crippen molar-refractivity contribution in [3.8, 4) is 11.8 Å². The molecular formula is C18H16N4O2. The van der Waals surface area contributed by atoms with Crippen molar-refractivity contribution in [1.82, 2.24) is 14.6 Å². The van der Waals surface area contributed by atoms with Gasteiger partial charge >= 0.3 is 0 Å². The Kier molecular flexibility index (Phi) is 4.27. The molecule has 1 aromatic carbocycles. The Bertz CT molecular complexity index is 962. The van der Waals surface area contributed by atoms with Gasteiger partial charge in [0.15, 0.2) is 5.65 Å². The van der Waals surface area contributed by atoms with Crippen LogP contribution in [0, 0.1) is 25.7 Å². The molecule has 2 N–H and O–H groups in total. The minimum absolute atomic E-state index is 0.181. The molecule has 6 heteroatoms. The van der Waals surface area contributed by atoms with E-state index < -0.39 is 0 Å². The third-order valence-electron chi connectivity index (χ3n) is 3.48. The third kappa shape index (κ3) is 3.12. The highest BCUT2D eigenvalue weighted by Crippen LogP contribution is 2.15. The van der Waals surface area contributed by atoms with Gasteiger partial charge in [-0.1, -0.05) is 11.8 Å². The van der Waals surface area contributed by atoms with Crippen molar-refractivity contribution < 1.29 is 9.90 Å². The molecular weight excluding hydrogens is 304 g/mol. The second kappa shape index (κ2) is 6.52. The van der Waals surface area contributed by atoms with E-state index in [-0.39, 0.29) is 12.5 Å². The number of amides is 1. The molecule has 0 aliphatic heterocycles. The van der Waals surface area contributed by atoms with Gasteiger partial charge in [-0.3, -0.25) is 4.79 Å². The quantitative estimate of drug-likeness (QED) is 0.707. The summed E-state index contributed by atoms with van der Waals surface area (Å²) in [6, 6.07) is 8.99. The van der Waals surface area contributed by atoms with E-state index in [1.807, 2.05) is 19.9 Å². The first kappa shape index (κ1) is 15.7. The molecule has 24 heavy (non-hydrogen) atoms. The molecule has 0 atom stereocenters. The molecule has 0 aliphatic carbocycles. The smallest absolute Gasteiger partial charge is 0.261 e. The minimum atomic E-state index is -0.267. The van der Waals surface area contributed by atoms with Crippen LogP contribution in [0.2, 0.25) is 0 Å². The number of benzene rings is 1. The van der Waals surface area contributed by atoms with Gasteiger partial charge in [0.25, 0.3) is 5.91 Å². The maximum Gasteiger partial charge on any atom is 0.261 e. The lowest BCUT2D eigenvalue weighted by Gasteiger charge is -2.05. The summed E-state index contributed by atoms with van der Waals surface area (Å²) >= 11 is 0. The lowest BCUT2D eigenvalue weighted by Crippen LogP contribution is -2.12. The second-order valence-corrected chi connectivity index (χ2v) is 5.32. The van der Waals surface area contributed by atoms with Gasteiger partial charge in [0, 0.05) is 22.6 Å². The minimum Gasteiger partial charge on any atom is -0.384 e. The summed E-state index contributed by atoms with van der Waals surface area (Å²) < 4.78 is 1.65. The molecule has 0 bridgehead atoms. The fourth-order valence-corrected chi connectivity index (χ4v) is 2.41. The van der Waals surface area contributed by atoms with E-state index in [1.165, 1.54) is 6.20 Å². The second-order valence-electron chi connectivity index (χ2n) is 5.32. The van der Waals surface area contributed by atoms with E-state index in [9.17, 15) is 4.79 Å². The number of carbonyl (C=O) groups is 1. The highest BCUT2D eigenvalue weighted by molar-refractivity contribution is 6.08. The van der Waals surface area contributed by atoms with Crippen molar-refractivity contribution in [2.75, 3.05) is 11.9 Å². The molecule has 6 nitrogen and oxygen atoms in total. The lowest BCUT2D eigenvalue weighted by atomic mass is 10.2. The molecule has 1 amide bonds. The van der Waals surface area contributed by atoms with Gasteiger partial charge in [0.05, 0.1) is 6.20 Å². The van der Waals surface area contributed by atoms with Crippen LogP contribution < -0.4 is 5.32 Å². The largest absolute Gasteiger partial charge is 0.384 e. The average molecular weight is 320 g/mol. The number of aliphatic hydroxyl groups excluding tert-OH is 1.